The smallest absolute Gasteiger partial charge is 0.123 e. The van der Waals surface area contributed by atoms with E-state index >= 15 is 0 Å². The van der Waals surface area contributed by atoms with Crippen LogP contribution in [0.1, 0.15) is 32.1 Å². The van der Waals surface area contributed by atoms with Crippen LogP contribution in [0.2, 0.25) is 0 Å². The molecule has 0 amide bonds. The van der Waals surface area contributed by atoms with E-state index in [4.69, 9.17) is 10.3 Å². The van der Waals surface area contributed by atoms with Crippen LogP contribution in [0.4, 0.5) is 0 Å². The molecule has 0 fully saturated rings. The summed E-state index contributed by atoms with van der Waals surface area (Å²) >= 11 is 0. The normalized spacial score (nSPS) is 17.7. The first-order valence-electron chi connectivity index (χ1n) is 5.23. The van der Waals surface area contributed by atoms with Crippen molar-refractivity contribution in [1.29, 1.82) is 0 Å². The van der Waals surface area contributed by atoms with Crippen molar-refractivity contribution in [1.82, 2.24) is 10.3 Å². The number of nitrogens with one attached hydrogen (secondary N) is 1. The van der Waals surface area contributed by atoms with Gasteiger partial charge in [0.05, 0.1) is 12.3 Å². The third-order valence-electron chi connectivity index (χ3n) is 3.35. The number of furan rings is 1. The highest BCUT2D eigenvalue weighted by molar-refractivity contribution is 5.11. The summed E-state index contributed by atoms with van der Waals surface area (Å²) in [6.07, 6.45) is 2.65. The number of nitrogens with two attached hydrogens (primary N) is 1. The van der Waals surface area contributed by atoms with Gasteiger partial charge >= 0.3 is 0 Å². The molecule has 2 unspecified atom stereocenters. The fourth-order valence-electron chi connectivity index (χ4n) is 1.80. The molecule has 0 aromatic carbocycles. The number of rotatable bonds is 5. The standard InChI is InChI=1S/C11H21N3O/c1-5-11(2,14(3)4)10(13-12)9-7-6-8-15-9/h6-8,10,13H,5,12H2,1-4H3. The fourth-order valence-corrected chi connectivity index (χ4v) is 1.80. The number of hydrogen-bond acceptors (Lipinski definition) is 4. The van der Waals surface area contributed by atoms with Crippen molar-refractivity contribution in [2.45, 2.75) is 31.8 Å². The number of likely N-dealkylation sites (N-methyl/N-ethyl adjacent to an activating group) is 1. The molecule has 1 rings (SSSR count). The van der Waals surface area contributed by atoms with E-state index in [-0.39, 0.29) is 11.6 Å². The van der Waals surface area contributed by atoms with E-state index in [1.54, 1.807) is 6.26 Å². The van der Waals surface area contributed by atoms with E-state index in [1.165, 1.54) is 0 Å². The van der Waals surface area contributed by atoms with Gasteiger partial charge in [-0.05, 0) is 39.6 Å². The second-order valence-corrected chi connectivity index (χ2v) is 4.22. The van der Waals surface area contributed by atoms with Crippen molar-refractivity contribution in [3.8, 4) is 0 Å². The summed E-state index contributed by atoms with van der Waals surface area (Å²) in [4.78, 5) is 2.17. The van der Waals surface area contributed by atoms with Crippen LogP contribution >= 0.6 is 0 Å². The molecule has 0 aliphatic rings. The minimum Gasteiger partial charge on any atom is -0.468 e. The minimum absolute atomic E-state index is 0.00694. The monoisotopic (exact) mass is 211 g/mol. The summed E-state index contributed by atoms with van der Waals surface area (Å²) in [7, 11) is 4.10. The molecule has 1 heterocycles. The molecule has 4 nitrogen and oxygen atoms in total. The first-order valence-corrected chi connectivity index (χ1v) is 5.23. The Labute approximate surface area is 91.4 Å². The Morgan fingerprint density at radius 1 is 1.60 bits per heavy atom. The Morgan fingerprint density at radius 2 is 2.27 bits per heavy atom. The lowest BCUT2D eigenvalue weighted by atomic mass is 9.87. The highest BCUT2D eigenvalue weighted by atomic mass is 16.3. The van der Waals surface area contributed by atoms with Gasteiger partial charge in [-0.2, -0.15) is 0 Å². The molecular weight excluding hydrogens is 190 g/mol. The Balaban J connectivity index is 2.99. The minimum atomic E-state index is -0.0629. The van der Waals surface area contributed by atoms with E-state index in [0.29, 0.717) is 0 Å². The van der Waals surface area contributed by atoms with Crippen LogP contribution in [0, 0.1) is 0 Å². The Bertz CT molecular complexity index is 284. The maximum absolute atomic E-state index is 5.63. The van der Waals surface area contributed by atoms with E-state index in [0.717, 1.165) is 12.2 Å². The Kier molecular flexibility index (Phi) is 3.90. The third kappa shape index (κ3) is 2.22. The van der Waals surface area contributed by atoms with Gasteiger partial charge < -0.3 is 9.32 Å². The molecule has 0 bridgehead atoms. The molecule has 1 aromatic heterocycles. The van der Waals surface area contributed by atoms with Gasteiger partial charge in [0.2, 0.25) is 0 Å². The maximum Gasteiger partial charge on any atom is 0.123 e. The van der Waals surface area contributed by atoms with Crippen LogP contribution in [-0.4, -0.2) is 24.5 Å². The molecule has 2 atom stereocenters. The van der Waals surface area contributed by atoms with Crippen molar-refractivity contribution in [3.05, 3.63) is 24.2 Å². The van der Waals surface area contributed by atoms with Crippen LogP contribution in [0.3, 0.4) is 0 Å². The number of hydrogen-bond donors (Lipinski definition) is 2. The van der Waals surface area contributed by atoms with Gasteiger partial charge in [0.25, 0.3) is 0 Å². The molecule has 0 aliphatic heterocycles. The van der Waals surface area contributed by atoms with Gasteiger partial charge in [-0.15, -0.1) is 0 Å². The van der Waals surface area contributed by atoms with Gasteiger partial charge in [-0.1, -0.05) is 6.92 Å². The molecule has 3 N–H and O–H groups in total. The molecule has 0 aliphatic carbocycles. The van der Waals surface area contributed by atoms with Crippen molar-refractivity contribution in [3.63, 3.8) is 0 Å². The molecule has 4 heteroatoms. The summed E-state index contributed by atoms with van der Waals surface area (Å²) in [5.41, 5.74) is 2.78. The second kappa shape index (κ2) is 4.79. The summed E-state index contributed by atoms with van der Waals surface area (Å²) in [5.74, 6) is 6.50. The van der Waals surface area contributed by atoms with Crippen LogP contribution in [0.15, 0.2) is 22.8 Å². The molecule has 86 valence electrons. The summed E-state index contributed by atoms with van der Waals surface area (Å²) in [6.45, 7) is 4.31. The lowest BCUT2D eigenvalue weighted by Gasteiger charge is -2.41. The van der Waals surface area contributed by atoms with E-state index < -0.39 is 0 Å². The topological polar surface area (TPSA) is 54.4 Å². The molecule has 1 aromatic rings. The van der Waals surface area contributed by atoms with Crippen molar-refractivity contribution in [2.24, 2.45) is 5.84 Å². The highest BCUT2D eigenvalue weighted by Crippen LogP contribution is 2.32. The predicted molar refractivity (Wildman–Crippen MR) is 61.2 cm³/mol. The van der Waals surface area contributed by atoms with Crippen LogP contribution in [0.5, 0.6) is 0 Å². The molecule has 0 spiro atoms. The quantitative estimate of drug-likeness (QED) is 0.572. The van der Waals surface area contributed by atoms with Gasteiger partial charge in [0.15, 0.2) is 0 Å². The van der Waals surface area contributed by atoms with Gasteiger partial charge in [-0.25, -0.2) is 5.43 Å². The highest BCUT2D eigenvalue weighted by Gasteiger charge is 2.36. The van der Waals surface area contributed by atoms with Gasteiger partial charge in [0.1, 0.15) is 5.76 Å². The van der Waals surface area contributed by atoms with Crippen molar-refractivity contribution < 1.29 is 4.42 Å². The summed E-state index contributed by atoms with van der Waals surface area (Å²) in [5, 5.41) is 0. The molecular formula is C11H21N3O. The summed E-state index contributed by atoms with van der Waals surface area (Å²) in [6, 6.07) is 3.82. The zero-order valence-corrected chi connectivity index (χ0v) is 9.95. The van der Waals surface area contributed by atoms with E-state index in [9.17, 15) is 0 Å². The SMILES string of the molecule is CCC(C)(C(NN)c1ccco1)N(C)C. The predicted octanol–water partition coefficient (Wildman–Crippen LogP) is 1.51. The van der Waals surface area contributed by atoms with Crippen LogP contribution in [0.25, 0.3) is 0 Å². The summed E-state index contributed by atoms with van der Waals surface area (Å²) < 4.78 is 5.42. The lowest BCUT2D eigenvalue weighted by Crippen LogP contribution is -2.52. The van der Waals surface area contributed by atoms with Crippen molar-refractivity contribution >= 4 is 0 Å². The zero-order chi connectivity index (χ0) is 11.5. The van der Waals surface area contributed by atoms with E-state index in [1.807, 2.05) is 12.1 Å². The third-order valence-corrected chi connectivity index (χ3v) is 3.35. The lowest BCUT2D eigenvalue weighted by molar-refractivity contribution is 0.101. The first kappa shape index (κ1) is 12.2. The fraction of sp³-hybridized carbons (Fsp3) is 0.636. The second-order valence-electron chi connectivity index (χ2n) is 4.22. The number of nitrogens with zero attached hydrogens (tertiary/aromatic N) is 1. The Hall–Kier alpha value is -0.840. The van der Waals surface area contributed by atoms with Crippen LogP contribution in [-0.2, 0) is 0 Å². The molecule has 0 saturated carbocycles. The average molecular weight is 211 g/mol. The molecule has 15 heavy (non-hydrogen) atoms. The van der Waals surface area contributed by atoms with Crippen molar-refractivity contribution in [2.75, 3.05) is 14.1 Å². The zero-order valence-electron chi connectivity index (χ0n) is 9.95. The van der Waals surface area contributed by atoms with Crippen LogP contribution < -0.4 is 11.3 Å². The van der Waals surface area contributed by atoms with E-state index in [2.05, 4.69) is 38.3 Å². The maximum atomic E-state index is 5.63. The van der Waals surface area contributed by atoms with Gasteiger partial charge in [0, 0.05) is 5.54 Å². The van der Waals surface area contributed by atoms with Gasteiger partial charge in [-0.3, -0.25) is 5.84 Å². The molecule has 0 saturated heterocycles. The average Bonchev–Trinajstić information content (AvgIpc) is 2.71. The molecule has 0 radical (unpaired) electrons. The Morgan fingerprint density at radius 3 is 2.60 bits per heavy atom. The first-order chi connectivity index (χ1) is 7.06. The number of hydrazine groups is 1. The largest absolute Gasteiger partial charge is 0.468 e.